The van der Waals surface area contributed by atoms with Crippen molar-refractivity contribution in [1.29, 1.82) is 0 Å². The zero-order valence-electron chi connectivity index (χ0n) is 5.02. The highest BCUT2D eigenvalue weighted by Crippen LogP contribution is 2.00. The van der Waals surface area contributed by atoms with E-state index >= 15 is 0 Å². The molecule has 50 valence electrons. The summed E-state index contributed by atoms with van der Waals surface area (Å²) in [5.41, 5.74) is 0. The molecule has 0 radical (unpaired) electrons. The highest BCUT2D eigenvalue weighted by molar-refractivity contribution is 5.85. The molecule has 2 nitrogen and oxygen atoms in total. The van der Waals surface area contributed by atoms with Gasteiger partial charge in [0, 0.05) is 26.1 Å². The second-order valence-corrected chi connectivity index (χ2v) is 1.98. The van der Waals surface area contributed by atoms with Crippen LogP contribution in [0.4, 0.5) is 0 Å². The topological polar surface area (TPSA) is 21.3 Å². The van der Waals surface area contributed by atoms with Crippen LogP contribution in [0.2, 0.25) is 0 Å². The van der Waals surface area contributed by atoms with E-state index in [1.54, 1.807) is 7.11 Å². The monoisotopic (exact) mass is 137 g/mol. The van der Waals surface area contributed by atoms with Gasteiger partial charge in [-0.2, -0.15) is 0 Å². The van der Waals surface area contributed by atoms with Crippen molar-refractivity contribution in [3.8, 4) is 0 Å². The smallest absolute Gasteiger partial charge is 0.0514 e. The largest absolute Gasteiger partial charge is 0.384 e. The van der Waals surface area contributed by atoms with E-state index in [0.29, 0.717) is 0 Å². The Morgan fingerprint density at radius 1 is 1.62 bits per heavy atom. The van der Waals surface area contributed by atoms with Crippen LogP contribution in [0.5, 0.6) is 0 Å². The lowest BCUT2D eigenvalue weighted by Gasteiger charge is -2.25. The number of halogens is 1. The lowest BCUT2D eigenvalue weighted by atomic mass is 10.1. The van der Waals surface area contributed by atoms with Gasteiger partial charge in [0.15, 0.2) is 0 Å². The summed E-state index contributed by atoms with van der Waals surface area (Å²) in [5, 5.41) is 3.17. The SMILES string of the molecule is COCC1CNC1.Cl. The van der Waals surface area contributed by atoms with Gasteiger partial charge in [-0.05, 0) is 0 Å². The summed E-state index contributed by atoms with van der Waals surface area (Å²) in [6, 6.07) is 0. The first-order chi connectivity index (χ1) is 3.43. The standard InChI is InChI=1S/C5H11NO.ClH/c1-7-4-5-2-6-3-5;/h5-6H,2-4H2,1H3;1H. The second-order valence-electron chi connectivity index (χ2n) is 1.98. The zero-order chi connectivity index (χ0) is 5.11. The zero-order valence-corrected chi connectivity index (χ0v) is 5.83. The molecule has 8 heavy (non-hydrogen) atoms. The molecule has 0 aromatic rings. The first-order valence-corrected chi connectivity index (χ1v) is 2.63. The number of ether oxygens (including phenoxy) is 1. The molecule has 0 spiro atoms. The molecule has 1 aliphatic rings. The first kappa shape index (κ1) is 8.21. The van der Waals surface area contributed by atoms with Crippen LogP contribution in [0.15, 0.2) is 0 Å². The summed E-state index contributed by atoms with van der Waals surface area (Å²) in [6.45, 7) is 3.22. The molecule has 1 aliphatic heterocycles. The summed E-state index contributed by atoms with van der Waals surface area (Å²) < 4.78 is 4.91. The molecule has 1 rings (SSSR count). The van der Waals surface area contributed by atoms with Crippen LogP contribution >= 0.6 is 12.4 Å². The van der Waals surface area contributed by atoms with Crippen LogP contribution in [0, 0.1) is 5.92 Å². The Labute approximate surface area is 56.0 Å². The molecular formula is C5H12ClNO. The molecular weight excluding hydrogens is 126 g/mol. The molecule has 0 aromatic heterocycles. The minimum Gasteiger partial charge on any atom is -0.384 e. The van der Waals surface area contributed by atoms with Gasteiger partial charge in [-0.3, -0.25) is 0 Å². The number of hydrogen-bond acceptors (Lipinski definition) is 2. The molecule has 0 unspecified atom stereocenters. The van der Waals surface area contributed by atoms with Gasteiger partial charge in [0.1, 0.15) is 0 Å². The lowest BCUT2D eigenvalue weighted by molar-refractivity contribution is 0.124. The van der Waals surface area contributed by atoms with Crippen LogP contribution < -0.4 is 5.32 Å². The third-order valence-electron chi connectivity index (χ3n) is 1.27. The highest BCUT2D eigenvalue weighted by Gasteiger charge is 2.14. The molecule has 0 aromatic carbocycles. The molecule has 1 heterocycles. The molecule has 0 bridgehead atoms. The van der Waals surface area contributed by atoms with Crippen LogP contribution in [-0.4, -0.2) is 26.8 Å². The summed E-state index contributed by atoms with van der Waals surface area (Å²) in [5.74, 6) is 0.796. The van der Waals surface area contributed by atoms with Gasteiger partial charge in [-0.25, -0.2) is 0 Å². The summed E-state index contributed by atoms with van der Waals surface area (Å²) in [6.07, 6.45) is 0. The molecule has 0 saturated carbocycles. The lowest BCUT2D eigenvalue weighted by Crippen LogP contribution is -2.44. The van der Waals surface area contributed by atoms with Gasteiger partial charge >= 0.3 is 0 Å². The average molecular weight is 138 g/mol. The van der Waals surface area contributed by atoms with E-state index < -0.39 is 0 Å². The van der Waals surface area contributed by atoms with Crippen LogP contribution in [-0.2, 0) is 4.74 Å². The maximum atomic E-state index is 4.91. The van der Waals surface area contributed by atoms with Crippen molar-refractivity contribution in [1.82, 2.24) is 5.32 Å². The number of hydrogen-bond donors (Lipinski definition) is 1. The Morgan fingerprint density at radius 2 is 2.25 bits per heavy atom. The van der Waals surface area contributed by atoms with E-state index in [0.717, 1.165) is 25.6 Å². The van der Waals surface area contributed by atoms with Crippen molar-refractivity contribution in [2.24, 2.45) is 5.92 Å². The fourth-order valence-electron chi connectivity index (χ4n) is 0.702. The summed E-state index contributed by atoms with van der Waals surface area (Å²) in [4.78, 5) is 0. The Morgan fingerprint density at radius 3 is 2.38 bits per heavy atom. The fraction of sp³-hybridized carbons (Fsp3) is 1.00. The normalized spacial score (nSPS) is 19.1. The number of nitrogens with one attached hydrogen (secondary N) is 1. The Balaban J connectivity index is 0.000000490. The van der Waals surface area contributed by atoms with E-state index in [2.05, 4.69) is 5.32 Å². The number of methoxy groups -OCH3 is 1. The van der Waals surface area contributed by atoms with E-state index in [9.17, 15) is 0 Å². The van der Waals surface area contributed by atoms with Gasteiger partial charge in [0.2, 0.25) is 0 Å². The Kier molecular flexibility index (Phi) is 4.23. The van der Waals surface area contributed by atoms with Crippen molar-refractivity contribution in [2.75, 3.05) is 26.8 Å². The van der Waals surface area contributed by atoms with Crippen LogP contribution in [0.3, 0.4) is 0 Å². The van der Waals surface area contributed by atoms with Crippen molar-refractivity contribution in [3.05, 3.63) is 0 Å². The Hall–Kier alpha value is 0.210. The van der Waals surface area contributed by atoms with Gasteiger partial charge in [-0.15, -0.1) is 12.4 Å². The molecule has 0 atom stereocenters. The Bertz CT molecular complexity index is 56.4. The third kappa shape index (κ3) is 1.99. The second kappa shape index (κ2) is 4.13. The van der Waals surface area contributed by atoms with E-state index in [4.69, 9.17) is 4.74 Å². The number of rotatable bonds is 2. The van der Waals surface area contributed by atoms with Crippen molar-refractivity contribution < 1.29 is 4.74 Å². The summed E-state index contributed by atoms with van der Waals surface area (Å²) in [7, 11) is 1.75. The maximum Gasteiger partial charge on any atom is 0.0514 e. The van der Waals surface area contributed by atoms with Crippen molar-refractivity contribution >= 4 is 12.4 Å². The molecule has 1 fully saturated rings. The molecule has 1 saturated heterocycles. The van der Waals surface area contributed by atoms with E-state index in [-0.39, 0.29) is 12.4 Å². The van der Waals surface area contributed by atoms with Gasteiger partial charge in [0.25, 0.3) is 0 Å². The molecule has 0 aliphatic carbocycles. The van der Waals surface area contributed by atoms with Crippen molar-refractivity contribution in [3.63, 3.8) is 0 Å². The van der Waals surface area contributed by atoms with Gasteiger partial charge in [-0.1, -0.05) is 0 Å². The van der Waals surface area contributed by atoms with Crippen LogP contribution in [0.25, 0.3) is 0 Å². The predicted molar refractivity (Wildman–Crippen MR) is 35.5 cm³/mol. The molecule has 3 heteroatoms. The predicted octanol–water partition coefficient (Wildman–Crippen LogP) is 0.274. The van der Waals surface area contributed by atoms with E-state index in [1.165, 1.54) is 0 Å². The summed E-state index contributed by atoms with van der Waals surface area (Å²) >= 11 is 0. The average Bonchev–Trinajstić information content (AvgIpc) is 1.55. The minimum absolute atomic E-state index is 0. The van der Waals surface area contributed by atoms with Crippen molar-refractivity contribution in [2.45, 2.75) is 0 Å². The first-order valence-electron chi connectivity index (χ1n) is 2.63. The van der Waals surface area contributed by atoms with Gasteiger partial charge in [0.05, 0.1) is 6.61 Å². The fourth-order valence-corrected chi connectivity index (χ4v) is 0.702. The van der Waals surface area contributed by atoms with Gasteiger partial charge < -0.3 is 10.1 Å². The maximum absolute atomic E-state index is 4.91. The van der Waals surface area contributed by atoms with E-state index in [1.807, 2.05) is 0 Å². The minimum atomic E-state index is 0. The van der Waals surface area contributed by atoms with Crippen LogP contribution in [0.1, 0.15) is 0 Å². The molecule has 1 N–H and O–H groups in total. The third-order valence-corrected chi connectivity index (χ3v) is 1.27. The molecule has 0 amide bonds. The highest BCUT2D eigenvalue weighted by atomic mass is 35.5. The quantitative estimate of drug-likeness (QED) is 0.590.